The van der Waals surface area contributed by atoms with Gasteiger partial charge in [0, 0.05) is 25.1 Å². The van der Waals surface area contributed by atoms with Gasteiger partial charge in [-0.1, -0.05) is 19.3 Å². The Hall–Kier alpha value is -2.22. The average Bonchev–Trinajstić information content (AvgIpc) is 3.08. The fraction of sp³-hybridized carbons (Fsp3) is 0.556. The Morgan fingerprint density at radius 3 is 2.85 bits per heavy atom. The number of nitrogens with one attached hydrogen (secondary N) is 1. The van der Waals surface area contributed by atoms with Crippen LogP contribution in [0.2, 0.25) is 0 Å². The average molecular weight is 375 g/mol. The van der Waals surface area contributed by atoms with E-state index in [0.29, 0.717) is 17.2 Å². The van der Waals surface area contributed by atoms with Crippen molar-refractivity contribution in [1.82, 2.24) is 10.2 Å². The predicted molar refractivity (Wildman–Crippen MR) is 98.1 cm³/mol. The normalized spacial score (nSPS) is 25.3. The van der Waals surface area contributed by atoms with Crippen LogP contribution < -0.4 is 5.32 Å². The van der Waals surface area contributed by atoms with Gasteiger partial charge in [0.25, 0.3) is 0 Å². The molecule has 0 radical (unpaired) electrons. The highest BCUT2D eigenvalue weighted by atomic mass is 32.1. The number of rotatable bonds is 4. The van der Waals surface area contributed by atoms with E-state index in [-0.39, 0.29) is 42.7 Å². The predicted octanol–water partition coefficient (Wildman–Crippen LogP) is 1.80. The standard InChI is InChI=1S/C18H21N3O4S/c22-16(19-11-4-2-1-3-5-11)6-7-21-17(23)12-8-14-15(25-10-24-14)9-13(12)20-18(21)26/h8-9,11-12H,1-7,10H2,(H,19,22). The maximum atomic E-state index is 12.8. The summed E-state index contributed by atoms with van der Waals surface area (Å²) in [7, 11) is 0. The largest absolute Gasteiger partial charge is 0.454 e. The van der Waals surface area contributed by atoms with Crippen molar-refractivity contribution < 1.29 is 19.1 Å². The van der Waals surface area contributed by atoms with Crippen LogP contribution in [0, 0.1) is 5.92 Å². The molecule has 2 heterocycles. The Balaban J connectivity index is 1.38. The second-order valence-corrected chi connectivity index (χ2v) is 7.25. The number of allylic oxidation sites excluding steroid dienone is 1. The van der Waals surface area contributed by atoms with Crippen molar-refractivity contribution >= 4 is 34.9 Å². The van der Waals surface area contributed by atoms with E-state index in [0.717, 1.165) is 25.7 Å². The van der Waals surface area contributed by atoms with Gasteiger partial charge < -0.3 is 14.8 Å². The zero-order valence-electron chi connectivity index (χ0n) is 14.4. The van der Waals surface area contributed by atoms with Gasteiger partial charge in [-0.2, -0.15) is 0 Å². The first-order valence-electron chi connectivity index (χ1n) is 9.04. The lowest BCUT2D eigenvalue weighted by molar-refractivity contribution is -0.129. The molecular weight excluding hydrogens is 354 g/mol. The number of hydrogen-bond donors (Lipinski definition) is 1. The molecule has 0 aromatic heterocycles. The summed E-state index contributed by atoms with van der Waals surface area (Å²) < 4.78 is 10.7. The van der Waals surface area contributed by atoms with Gasteiger partial charge in [-0.25, -0.2) is 4.99 Å². The highest BCUT2D eigenvalue weighted by Crippen LogP contribution is 2.31. The van der Waals surface area contributed by atoms with Gasteiger partial charge in [0.05, 0.1) is 5.71 Å². The Kier molecular flexibility index (Phi) is 4.76. The number of ether oxygens (including phenoxy) is 2. The first-order chi connectivity index (χ1) is 12.6. The minimum Gasteiger partial charge on any atom is -0.454 e. The molecule has 7 nitrogen and oxygen atoms in total. The summed E-state index contributed by atoms with van der Waals surface area (Å²) in [5.74, 6) is 0.382. The number of thiocarbonyl (C=S) groups is 1. The van der Waals surface area contributed by atoms with Crippen molar-refractivity contribution in [2.24, 2.45) is 10.9 Å². The molecule has 0 spiro atoms. The number of carbonyl (C=O) groups excluding carboxylic acids is 2. The van der Waals surface area contributed by atoms with Gasteiger partial charge in [0.2, 0.25) is 23.7 Å². The van der Waals surface area contributed by atoms with Crippen molar-refractivity contribution in [2.75, 3.05) is 13.3 Å². The fourth-order valence-corrected chi connectivity index (χ4v) is 3.99. The zero-order valence-corrected chi connectivity index (χ0v) is 15.2. The number of carbonyl (C=O) groups is 2. The van der Waals surface area contributed by atoms with Crippen LogP contribution in [0.4, 0.5) is 0 Å². The molecule has 138 valence electrons. The molecule has 1 N–H and O–H groups in total. The molecule has 2 aliphatic heterocycles. The van der Waals surface area contributed by atoms with E-state index in [9.17, 15) is 9.59 Å². The Bertz CT molecular complexity index is 737. The van der Waals surface area contributed by atoms with E-state index in [2.05, 4.69) is 10.3 Å². The molecule has 1 atom stereocenters. The van der Waals surface area contributed by atoms with Gasteiger partial charge >= 0.3 is 0 Å². The number of aliphatic imine (C=N–C) groups is 1. The van der Waals surface area contributed by atoms with Crippen LogP contribution in [0.1, 0.15) is 38.5 Å². The molecule has 26 heavy (non-hydrogen) atoms. The monoisotopic (exact) mass is 375 g/mol. The van der Waals surface area contributed by atoms with Crippen LogP contribution in [0.3, 0.4) is 0 Å². The van der Waals surface area contributed by atoms with E-state index in [1.54, 1.807) is 12.2 Å². The van der Waals surface area contributed by atoms with Crippen LogP contribution >= 0.6 is 12.2 Å². The summed E-state index contributed by atoms with van der Waals surface area (Å²) in [6, 6.07) is 0.260. The summed E-state index contributed by atoms with van der Waals surface area (Å²) in [6.07, 6.45) is 9.26. The number of amides is 2. The minimum absolute atomic E-state index is 0.0426. The first kappa shape index (κ1) is 17.2. The lowest BCUT2D eigenvalue weighted by Crippen LogP contribution is -2.48. The highest BCUT2D eigenvalue weighted by Gasteiger charge is 2.38. The molecule has 1 saturated heterocycles. The van der Waals surface area contributed by atoms with Crippen molar-refractivity contribution in [3.63, 3.8) is 0 Å². The summed E-state index contributed by atoms with van der Waals surface area (Å²) in [5.41, 5.74) is 0.562. The zero-order chi connectivity index (χ0) is 18.1. The molecular formula is C18H21N3O4S. The third-order valence-electron chi connectivity index (χ3n) is 5.11. The van der Waals surface area contributed by atoms with Crippen molar-refractivity contribution in [3.8, 4) is 0 Å². The van der Waals surface area contributed by atoms with Crippen LogP contribution in [0.5, 0.6) is 0 Å². The summed E-state index contributed by atoms with van der Waals surface area (Å²) in [5, 5.41) is 3.25. The van der Waals surface area contributed by atoms with Gasteiger partial charge in [0.1, 0.15) is 5.92 Å². The highest BCUT2D eigenvalue weighted by molar-refractivity contribution is 7.80. The van der Waals surface area contributed by atoms with Gasteiger partial charge in [-0.3, -0.25) is 14.5 Å². The molecule has 4 rings (SSSR count). The van der Waals surface area contributed by atoms with Crippen molar-refractivity contribution in [1.29, 1.82) is 0 Å². The molecule has 0 aromatic carbocycles. The van der Waals surface area contributed by atoms with Crippen LogP contribution in [0.25, 0.3) is 0 Å². The van der Waals surface area contributed by atoms with E-state index in [1.807, 2.05) is 0 Å². The maximum Gasteiger partial charge on any atom is 0.241 e. The fourth-order valence-electron chi connectivity index (χ4n) is 3.70. The lowest BCUT2D eigenvalue weighted by atomic mass is 9.93. The van der Waals surface area contributed by atoms with E-state index in [4.69, 9.17) is 21.7 Å². The van der Waals surface area contributed by atoms with Crippen LogP contribution in [-0.2, 0) is 19.1 Å². The number of hydrogen-bond acceptors (Lipinski definition) is 5. The van der Waals surface area contributed by atoms with E-state index in [1.165, 1.54) is 11.3 Å². The van der Waals surface area contributed by atoms with Gasteiger partial charge in [-0.05, 0) is 31.1 Å². The lowest BCUT2D eigenvalue weighted by Gasteiger charge is -2.31. The molecule has 0 aromatic rings. The second-order valence-electron chi connectivity index (χ2n) is 6.89. The Morgan fingerprint density at radius 2 is 2.04 bits per heavy atom. The van der Waals surface area contributed by atoms with Gasteiger partial charge in [0.15, 0.2) is 11.5 Å². The van der Waals surface area contributed by atoms with Crippen molar-refractivity contribution in [2.45, 2.75) is 44.6 Å². The Labute approximate surface area is 157 Å². The maximum absolute atomic E-state index is 12.8. The number of nitrogens with zero attached hydrogens (tertiary/aromatic N) is 2. The minimum atomic E-state index is -0.538. The van der Waals surface area contributed by atoms with Gasteiger partial charge in [-0.15, -0.1) is 0 Å². The molecule has 8 heteroatoms. The SMILES string of the molecule is O=C(CCN1C(=O)C2C=C3OCOC3=CC2=NC1=S)NC1CCCCC1. The van der Waals surface area contributed by atoms with Crippen molar-refractivity contribution in [3.05, 3.63) is 23.7 Å². The molecule has 2 aliphatic carbocycles. The van der Waals surface area contributed by atoms with E-state index >= 15 is 0 Å². The molecule has 4 aliphatic rings. The quantitative estimate of drug-likeness (QED) is 0.758. The smallest absolute Gasteiger partial charge is 0.241 e. The van der Waals surface area contributed by atoms with E-state index < -0.39 is 5.92 Å². The molecule has 0 bridgehead atoms. The molecule has 1 unspecified atom stereocenters. The number of fused-ring (bicyclic) bond motifs is 2. The molecule has 2 fully saturated rings. The first-order valence-corrected chi connectivity index (χ1v) is 9.45. The summed E-state index contributed by atoms with van der Waals surface area (Å²) in [6.45, 7) is 0.377. The summed E-state index contributed by atoms with van der Waals surface area (Å²) >= 11 is 5.27. The Morgan fingerprint density at radius 1 is 1.27 bits per heavy atom. The third-order valence-corrected chi connectivity index (χ3v) is 5.42. The van der Waals surface area contributed by atoms with Crippen LogP contribution in [0.15, 0.2) is 28.7 Å². The van der Waals surface area contributed by atoms with Crippen LogP contribution in [-0.4, -0.2) is 46.9 Å². The summed E-state index contributed by atoms with van der Waals surface area (Å²) in [4.78, 5) is 30.8. The topological polar surface area (TPSA) is 80.2 Å². The third kappa shape index (κ3) is 3.38. The molecule has 2 amide bonds. The molecule has 1 saturated carbocycles. The second kappa shape index (κ2) is 7.19.